The van der Waals surface area contributed by atoms with Crippen molar-refractivity contribution in [2.75, 3.05) is 26.2 Å². The molecule has 0 aliphatic carbocycles. The Morgan fingerprint density at radius 1 is 1.17 bits per heavy atom. The fourth-order valence-corrected chi connectivity index (χ4v) is 1.99. The Kier molecular flexibility index (Phi) is 3.88. The maximum Gasteiger partial charge on any atom is 0.335 e. The third-order valence-electron chi connectivity index (χ3n) is 3.07. The second-order valence-electron chi connectivity index (χ2n) is 4.31. The summed E-state index contributed by atoms with van der Waals surface area (Å²) in [6.07, 6.45) is 0. The number of nitroso groups, excluding NO2 is 1. The molecule has 0 radical (unpaired) electrons. The van der Waals surface area contributed by atoms with Gasteiger partial charge in [0.25, 0.3) is 0 Å². The van der Waals surface area contributed by atoms with E-state index in [0.29, 0.717) is 18.7 Å². The zero-order valence-corrected chi connectivity index (χ0v) is 9.95. The number of piperazine rings is 1. The number of hydrogen-bond acceptors (Lipinski definition) is 4. The third-order valence-corrected chi connectivity index (χ3v) is 3.07. The van der Waals surface area contributed by atoms with Crippen LogP contribution in [0.25, 0.3) is 0 Å². The summed E-state index contributed by atoms with van der Waals surface area (Å²) in [6.45, 7) is 3.67. The molecule has 0 spiro atoms. The molecule has 1 aromatic carbocycles. The lowest BCUT2D eigenvalue weighted by Crippen LogP contribution is -2.43. The molecular weight excluding hydrogens is 234 g/mol. The second-order valence-corrected chi connectivity index (χ2v) is 4.31. The molecule has 2 rings (SSSR count). The van der Waals surface area contributed by atoms with E-state index in [2.05, 4.69) is 10.2 Å². The molecule has 6 nitrogen and oxygen atoms in total. The van der Waals surface area contributed by atoms with Crippen molar-refractivity contribution in [3.8, 4) is 0 Å². The molecule has 0 bridgehead atoms. The molecule has 0 amide bonds. The highest BCUT2D eigenvalue weighted by molar-refractivity contribution is 5.87. The van der Waals surface area contributed by atoms with Crippen LogP contribution >= 0.6 is 0 Å². The van der Waals surface area contributed by atoms with E-state index in [9.17, 15) is 9.70 Å². The summed E-state index contributed by atoms with van der Waals surface area (Å²) in [5.41, 5.74) is 1.38. The molecule has 1 fully saturated rings. The number of aromatic carboxylic acids is 1. The zero-order chi connectivity index (χ0) is 13.0. The number of nitrogens with zero attached hydrogens (tertiary/aromatic N) is 3. The van der Waals surface area contributed by atoms with Gasteiger partial charge in [0.2, 0.25) is 0 Å². The fourth-order valence-electron chi connectivity index (χ4n) is 1.99. The molecule has 0 atom stereocenters. The molecule has 96 valence electrons. The quantitative estimate of drug-likeness (QED) is 0.811. The molecule has 0 saturated carbocycles. The van der Waals surface area contributed by atoms with Crippen LogP contribution in [0.3, 0.4) is 0 Å². The summed E-state index contributed by atoms with van der Waals surface area (Å²) < 4.78 is 0. The van der Waals surface area contributed by atoms with Crippen molar-refractivity contribution in [3.63, 3.8) is 0 Å². The van der Waals surface area contributed by atoms with Crippen LogP contribution in [0.4, 0.5) is 0 Å². The predicted octanol–water partition coefficient (Wildman–Crippen LogP) is 1.18. The molecule has 1 N–H and O–H groups in total. The highest BCUT2D eigenvalue weighted by Gasteiger charge is 2.16. The van der Waals surface area contributed by atoms with Crippen LogP contribution in [-0.4, -0.2) is 47.2 Å². The van der Waals surface area contributed by atoms with Gasteiger partial charge in [0.05, 0.1) is 23.9 Å². The number of rotatable bonds is 4. The molecule has 0 unspecified atom stereocenters. The van der Waals surface area contributed by atoms with E-state index in [4.69, 9.17) is 5.11 Å². The lowest BCUT2D eigenvalue weighted by Gasteiger charge is -2.31. The van der Waals surface area contributed by atoms with Gasteiger partial charge in [-0.25, -0.2) is 4.79 Å². The van der Waals surface area contributed by atoms with Gasteiger partial charge in [-0.2, -0.15) is 0 Å². The van der Waals surface area contributed by atoms with E-state index < -0.39 is 5.97 Å². The summed E-state index contributed by atoms with van der Waals surface area (Å²) in [6, 6.07) is 6.88. The Bertz CT molecular complexity index is 425. The van der Waals surface area contributed by atoms with Gasteiger partial charge in [-0.3, -0.25) is 9.91 Å². The first kappa shape index (κ1) is 12.5. The van der Waals surface area contributed by atoms with Gasteiger partial charge in [-0.05, 0) is 17.7 Å². The Hall–Kier alpha value is -1.95. The molecule has 1 aliphatic heterocycles. The van der Waals surface area contributed by atoms with Gasteiger partial charge in [-0.1, -0.05) is 12.1 Å². The topological polar surface area (TPSA) is 73.2 Å². The first-order valence-corrected chi connectivity index (χ1v) is 5.82. The van der Waals surface area contributed by atoms with Crippen molar-refractivity contribution >= 4 is 5.97 Å². The first-order valence-electron chi connectivity index (χ1n) is 5.82. The van der Waals surface area contributed by atoms with Crippen LogP contribution < -0.4 is 0 Å². The van der Waals surface area contributed by atoms with Crippen molar-refractivity contribution in [2.24, 2.45) is 5.29 Å². The Morgan fingerprint density at radius 2 is 1.78 bits per heavy atom. The molecule has 1 saturated heterocycles. The predicted molar refractivity (Wildman–Crippen MR) is 66.0 cm³/mol. The third kappa shape index (κ3) is 3.04. The molecule has 18 heavy (non-hydrogen) atoms. The molecule has 1 aliphatic rings. The summed E-state index contributed by atoms with van der Waals surface area (Å²) in [5.74, 6) is -0.910. The van der Waals surface area contributed by atoms with E-state index in [0.717, 1.165) is 25.2 Å². The summed E-state index contributed by atoms with van der Waals surface area (Å²) in [5, 5.41) is 13.2. The number of carboxylic acids is 1. The van der Waals surface area contributed by atoms with Crippen molar-refractivity contribution in [3.05, 3.63) is 40.3 Å². The van der Waals surface area contributed by atoms with E-state index in [1.165, 1.54) is 5.01 Å². The van der Waals surface area contributed by atoms with Gasteiger partial charge in [0, 0.05) is 19.6 Å². The molecule has 1 aromatic rings. The fraction of sp³-hybridized carbons (Fsp3) is 0.417. The average Bonchev–Trinajstić information content (AvgIpc) is 2.40. The maximum atomic E-state index is 10.7. The van der Waals surface area contributed by atoms with Gasteiger partial charge >= 0.3 is 5.97 Å². The van der Waals surface area contributed by atoms with E-state index in [1.54, 1.807) is 12.1 Å². The van der Waals surface area contributed by atoms with E-state index >= 15 is 0 Å². The van der Waals surface area contributed by atoms with Crippen LogP contribution in [0, 0.1) is 4.91 Å². The van der Waals surface area contributed by atoms with E-state index in [1.807, 2.05) is 12.1 Å². The molecule has 6 heteroatoms. The molecule has 0 aromatic heterocycles. The molecule has 1 heterocycles. The minimum atomic E-state index is -0.910. The van der Waals surface area contributed by atoms with Crippen LogP contribution in [0.15, 0.2) is 29.6 Å². The Balaban J connectivity index is 1.90. The minimum Gasteiger partial charge on any atom is -0.478 e. The summed E-state index contributed by atoms with van der Waals surface area (Å²) in [4.78, 5) is 23.3. The van der Waals surface area contributed by atoms with Crippen molar-refractivity contribution < 1.29 is 9.90 Å². The Labute approximate surface area is 105 Å². The van der Waals surface area contributed by atoms with Crippen LogP contribution in [0.1, 0.15) is 15.9 Å². The number of benzene rings is 1. The summed E-state index contributed by atoms with van der Waals surface area (Å²) >= 11 is 0. The second kappa shape index (κ2) is 5.59. The first-order chi connectivity index (χ1) is 8.69. The van der Waals surface area contributed by atoms with Gasteiger partial charge in [0.15, 0.2) is 0 Å². The van der Waals surface area contributed by atoms with Gasteiger partial charge < -0.3 is 5.11 Å². The number of carbonyl (C=O) groups is 1. The van der Waals surface area contributed by atoms with Gasteiger partial charge in [0.1, 0.15) is 0 Å². The normalized spacial score (nSPS) is 16.6. The standard InChI is InChI=1S/C12H15N3O3/c16-12(17)11-3-1-10(2-4-11)9-14-5-7-15(13-18)8-6-14/h1-4H,5-9H2,(H,16,17). The highest BCUT2D eigenvalue weighted by Crippen LogP contribution is 2.10. The van der Waals surface area contributed by atoms with E-state index in [-0.39, 0.29) is 0 Å². The van der Waals surface area contributed by atoms with Gasteiger partial charge in [-0.15, -0.1) is 4.91 Å². The maximum absolute atomic E-state index is 10.7. The number of hydrogen-bond donors (Lipinski definition) is 1. The zero-order valence-electron chi connectivity index (χ0n) is 9.95. The lowest BCUT2D eigenvalue weighted by molar-refractivity contribution is 0.0697. The largest absolute Gasteiger partial charge is 0.478 e. The lowest BCUT2D eigenvalue weighted by atomic mass is 10.1. The monoisotopic (exact) mass is 249 g/mol. The number of carboxylic acid groups (broad SMARTS) is 1. The highest BCUT2D eigenvalue weighted by atomic mass is 16.4. The SMILES string of the molecule is O=NN1CCN(Cc2ccc(C(=O)O)cc2)CC1. The van der Waals surface area contributed by atoms with Crippen LogP contribution in [-0.2, 0) is 6.54 Å². The van der Waals surface area contributed by atoms with Crippen molar-refractivity contribution in [2.45, 2.75) is 6.54 Å². The molecular formula is C12H15N3O3. The van der Waals surface area contributed by atoms with Crippen LogP contribution in [0.2, 0.25) is 0 Å². The van der Waals surface area contributed by atoms with Crippen LogP contribution in [0.5, 0.6) is 0 Å². The minimum absolute atomic E-state index is 0.300. The smallest absolute Gasteiger partial charge is 0.335 e. The van der Waals surface area contributed by atoms with Crippen molar-refractivity contribution in [1.29, 1.82) is 0 Å². The van der Waals surface area contributed by atoms with Crippen molar-refractivity contribution in [1.82, 2.24) is 9.91 Å². The Morgan fingerprint density at radius 3 is 2.28 bits per heavy atom. The average molecular weight is 249 g/mol. The summed E-state index contributed by atoms with van der Waals surface area (Å²) in [7, 11) is 0.